The molecule has 1 aromatic carbocycles. The summed E-state index contributed by atoms with van der Waals surface area (Å²) in [6.07, 6.45) is 2.49. The third kappa shape index (κ3) is 2.65. The third-order valence-corrected chi connectivity index (χ3v) is 4.56. The van der Waals surface area contributed by atoms with Crippen molar-refractivity contribution in [3.63, 3.8) is 0 Å². The number of hydrogen-bond acceptors (Lipinski definition) is 4. The van der Waals surface area contributed by atoms with Gasteiger partial charge in [0, 0.05) is 23.4 Å². The van der Waals surface area contributed by atoms with E-state index >= 15 is 0 Å². The molecule has 1 aliphatic heterocycles. The van der Waals surface area contributed by atoms with Crippen molar-refractivity contribution in [1.82, 2.24) is 10.3 Å². The van der Waals surface area contributed by atoms with Gasteiger partial charge in [-0.25, -0.2) is 4.98 Å². The molecule has 0 aliphatic carbocycles. The molecule has 1 fully saturated rings. The number of aromatic nitrogens is 1. The molecular formula is C15H18N2OS. The molecule has 2 aromatic rings. The van der Waals surface area contributed by atoms with E-state index in [0.717, 1.165) is 30.1 Å². The van der Waals surface area contributed by atoms with Gasteiger partial charge in [-0.15, -0.1) is 11.3 Å². The number of piperidine rings is 1. The minimum Gasteiger partial charge on any atom is -0.496 e. The van der Waals surface area contributed by atoms with Gasteiger partial charge in [0.15, 0.2) is 0 Å². The average Bonchev–Trinajstić information content (AvgIpc) is 2.98. The van der Waals surface area contributed by atoms with E-state index in [1.165, 1.54) is 17.8 Å². The molecule has 0 bridgehead atoms. The van der Waals surface area contributed by atoms with Gasteiger partial charge in [-0.3, -0.25) is 0 Å². The summed E-state index contributed by atoms with van der Waals surface area (Å²) in [5.41, 5.74) is 2.11. The summed E-state index contributed by atoms with van der Waals surface area (Å²) >= 11 is 1.76. The highest BCUT2D eigenvalue weighted by Gasteiger charge is 2.19. The number of rotatable bonds is 3. The summed E-state index contributed by atoms with van der Waals surface area (Å²) in [5, 5.41) is 6.83. The van der Waals surface area contributed by atoms with E-state index in [9.17, 15) is 0 Å². The molecule has 0 spiro atoms. The van der Waals surface area contributed by atoms with E-state index in [1.54, 1.807) is 18.4 Å². The lowest BCUT2D eigenvalue weighted by Gasteiger charge is -2.20. The van der Waals surface area contributed by atoms with Crippen LogP contribution < -0.4 is 10.1 Å². The van der Waals surface area contributed by atoms with Gasteiger partial charge >= 0.3 is 0 Å². The van der Waals surface area contributed by atoms with Crippen LogP contribution in [0.1, 0.15) is 23.8 Å². The Labute approximate surface area is 117 Å². The smallest absolute Gasteiger partial charge is 0.128 e. The number of thiazole rings is 1. The number of nitrogens with one attached hydrogen (secondary N) is 1. The molecule has 1 N–H and O–H groups in total. The highest BCUT2D eigenvalue weighted by Crippen LogP contribution is 2.33. The van der Waals surface area contributed by atoms with Crippen molar-refractivity contribution < 1.29 is 4.74 Å². The molecule has 1 aromatic heterocycles. The van der Waals surface area contributed by atoms with Gasteiger partial charge in [0.1, 0.15) is 5.75 Å². The Balaban J connectivity index is 1.88. The second-order valence-electron chi connectivity index (χ2n) is 4.81. The number of nitrogens with zero attached hydrogens (tertiary/aromatic N) is 1. The highest BCUT2D eigenvalue weighted by molar-refractivity contribution is 7.10. The fraction of sp³-hybridized carbons (Fsp3) is 0.400. The zero-order valence-electron chi connectivity index (χ0n) is 11.1. The summed E-state index contributed by atoms with van der Waals surface area (Å²) in [6, 6.07) is 8.06. The second kappa shape index (κ2) is 5.72. The first-order valence-electron chi connectivity index (χ1n) is 6.68. The lowest BCUT2D eigenvalue weighted by Crippen LogP contribution is -2.28. The van der Waals surface area contributed by atoms with Crippen LogP contribution in [0.2, 0.25) is 0 Å². The van der Waals surface area contributed by atoms with E-state index < -0.39 is 0 Å². The fourth-order valence-electron chi connectivity index (χ4n) is 2.52. The molecule has 0 amide bonds. The molecular weight excluding hydrogens is 256 g/mol. The minimum absolute atomic E-state index is 0.571. The Morgan fingerprint density at radius 3 is 3.05 bits per heavy atom. The van der Waals surface area contributed by atoms with Crippen molar-refractivity contribution in [2.24, 2.45) is 0 Å². The first-order valence-corrected chi connectivity index (χ1v) is 7.56. The van der Waals surface area contributed by atoms with Crippen molar-refractivity contribution in [2.75, 3.05) is 20.2 Å². The summed E-state index contributed by atoms with van der Waals surface area (Å²) in [5.74, 6) is 1.46. The van der Waals surface area contributed by atoms with Crippen molar-refractivity contribution in [2.45, 2.75) is 18.8 Å². The van der Waals surface area contributed by atoms with Gasteiger partial charge in [0.25, 0.3) is 0 Å². The van der Waals surface area contributed by atoms with E-state index in [4.69, 9.17) is 9.72 Å². The van der Waals surface area contributed by atoms with Crippen molar-refractivity contribution >= 4 is 11.3 Å². The van der Waals surface area contributed by atoms with Crippen LogP contribution in [0, 0.1) is 0 Å². The Morgan fingerprint density at radius 2 is 2.26 bits per heavy atom. The van der Waals surface area contributed by atoms with E-state index in [1.807, 2.05) is 18.2 Å². The number of ether oxygens (including phenoxy) is 1. The Morgan fingerprint density at radius 1 is 1.37 bits per heavy atom. The summed E-state index contributed by atoms with van der Waals surface area (Å²) in [6.45, 7) is 2.19. The molecule has 1 saturated heterocycles. The summed E-state index contributed by atoms with van der Waals surface area (Å²) in [7, 11) is 1.71. The lowest BCUT2D eigenvalue weighted by atomic mass is 10.0. The Hall–Kier alpha value is -1.39. The maximum atomic E-state index is 5.41. The highest BCUT2D eigenvalue weighted by atomic mass is 32.1. The second-order valence-corrected chi connectivity index (χ2v) is 5.70. The molecule has 0 radical (unpaired) electrons. The maximum absolute atomic E-state index is 5.41. The number of hydrogen-bond donors (Lipinski definition) is 1. The predicted molar refractivity (Wildman–Crippen MR) is 78.9 cm³/mol. The number of methoxy groups -OCH3 is 1. The predicted octanol–water partition coefficient (Wildman–Crippen LogP) is 3.29. The molecule has 2 heterocycles. The van der Waals surface area contributed by atoms with E-state index in [2.05, 4.69) is 16.8 Å². The zero-order valence-corrected chi connectivity index (χ0v) is 11.9. The van der Waals surface area contributed by atoms with Gasteiger partial charge in [-0.1, -0.05) is 12.1 Å². The van der Waals surface area contributed by atoms with Gasteiger partial charge < -0.3 is 10.1 Å². The zero-order chi connectivity index (χ0) is 13.1. The van der Waals surface area contributed by atoms with Crippen LogP contribution in [0.25, 0.3) is 11.3 Å². The topological polar surface area (TPSA) is 34.1 Å². The quantitative estimate of drug-likeness (QED) is 0.932. The SMILES string of the molecule is COc1ccccc1-c1csc(C2CCCNC2)n1. The number of benzene rings is 1. The first kappa shape index (κ1) is 12.6. The largest absolute Gasteiger partial charge is 0.496 e. The van der Waals surface area contributed by atoms with Crippen LogP contribution in [0.4, 0.5) is 0 Å². The van der Waals surface area contributed by atoms with E-state index in [-0.39, 0.29) is 0 Å². The molecule has 19 heavy (non-hydrogen) atoms. The molecule has 4 heteroatoms. The van der Waals surface area contributed by atoms with Crippen molar-refractivity contribution in [3.8, 4) is 17.0 Å². The number of para-hydroxylation sites is 1. The normalized spacial score (nSPS) is 19.3. The molecule has 100 valence electrons. The van der Waals surface area contributed by atoms with Crippen LogP contribution in [-0.2, 0) is 0 Å². The Kier molecular flexibility index (Phi) is 3.80. The average molecular weight is 274 g/mol. The molecule has 0 saturated carbocycles. The van der Waals surface area contributed by atoms with Gasteiger partial charge in [0.05, 0.1) is 17.8 Å². The molecule has 1 aliphatic rings. The summed E-state index contributed by atoms with van der Waals surface area (Å²) in [4.78, 5) is 4.81. The van der Waals surface area contributed by atoms with Crippen LogP contribution in [0.3, 0.4) is 0 Å². The Bertz CT molecular complexity index is 547. The van der Waals surface area contributed by atoms with Gasteiger partial charge in [0.2, 0.25) is 0 Å². The van der Waals surface area contributed by atoms with Gasteiger partial charge in [-0.2, -0.15) is 0 Å². The molecule has 1 atom stereocenters. The monoisotopic (exact) mass is 274 g/mol. The first-order chi connectivity index (χ1) is 9.38. The standard InChI is InChI=1S/C15H18N2OS/c1-18-14-7-3-2-6-12(14)13-10-19-15(17-13)11-5-4-8-16-9-11/h2-3,6-7,10-11,16H,4-5,8-9H2,1H3. The fourth-order valence-corrected chi connectivity index (χ4v) is 3.47. The molecule has 1 unspecified atom stereocenters. The summed E-state index contributed by atoms with van der Waals surface area (Å²) < 4.78 is 5.41. The van der Waals surface area contributed by atoms with Gasteiger partial charge in [-0.05, 0) is 31.5 Å². The van der Waals surface area contributed by atoms with Crippen molar-refractivity contribution in [1.29, 1.82) is 0 Å². The van der Waals surface area contributed by atoms with Crippen LogP contribution in [0.15, 0.2) is 29.6 Å². The maximum Gasteiger partial charge on any atom is 0.128 e. The third-order valence-electron chi connectivity index (χ3n) is 3.55. The lowest BCUT2D eigenvalue weighted by molar-refractivity contribution is 0.416. The molecule has 3 rings (SSSR count). The van der Waals surface area contributed by atoms with Crippen LogP contribution in [0.5, 0.6) is 5.75 Å². The van der Waals surface area contributed by atoms with Crippen molar-refractivity contribution in [3.05, 3.63) is 34.7 Å². The molecule has 3 nitrogen and oxygen atoms in total. The van der Waals surface area contributed by atoms with E-state index in [0.29, 0.717) is 5.92 Å². The van der Waals surface area contributed by atoms with Crippen LogP contribution >= 0.6 is 11.3 Å². The minimum atomic E-state index is 0.571. The van der Waals surface area contributed by atoms with Crippen LogP contribution in [-0.4, -0.2) is 25.2 Å².